The fourth-order valence-electron chi connectivity index (χ4n) is 3.71. The summed E-state index contributed by atoms with van der Waals surface area (Å²) in [6.45, 7) is 2.96. The molecule has 1 saturated heterocycles. The zero-order chi connectivity index (χ0) is 16.9. The standard InChI is InChI=1S/C19H25N5/c1-23-11-3-4-17(19(23)18-9-10-22-24(18)2)14-21-13-16-7-5-15(12-20)6-8-16/h5-10,17,19,21H,3-4,11,13-14H2,1-2H3/t17-,19+/m0/s1. The maximum Gasteiger partial charge on any atom is 0.0991 e. The van der Waals surface area contributed by atoms with Gasteiger partial charge in [-0.05, 0) is 56.1 Å². The summed E-state index contributed by atoms with van der Waals surface area (Å²) >= 11 is 0. The summed E-state index contributed by atoms with van der Waals surface area (Å²) in [5, 5.41) is 16.8. The summed E-state index contributed by atoms with van der Waals surface area (Å²) in [7, 11) is 4.24. The first-order valence-electron chi connectivity index (χ1n) is 8.57. The van der Waals surface area contributed by atoms with E-state index in [-0.39, 0.29) is 0 Å². The Balaban J connectivity index is 1.62. The van der Waals surface area contributed by atoms with Crippen LogP contribution in [0.1, 0.15) is 35.7 Å². The number of hydrogen-bond acceptors (Lipinski definition) is 4. The van der Waals surface area contributed by atoms with Gasteiger partial charge in [0.2, 0.25) is 0 Å². The molecule has 1 N–H and O–H groups in total. The van der Waals surface area contributed by atoms with Crippen LogP contribution in [0.3, 0.4) is 0 Å². The van der Waals surface area contributed by atoms with Crippen LogP contribution in [0.2, 0.25) is 0 Å². The average molecular weight is 323 g/mol. The van der Waals surface area contributed by atoms with E-state index in [0.717, 1.165) is 19.6 Å². The van der Waals surface area contributed by atoms with E-state index in [9.17, 15) is 0 Å². The molecule has 126 valence electrons. The van der Waals surface area contributed by atoms with Crippen LogP contribution in [0.25, 0.3) is 0 Å². The molecule has 1 fully saturated rings. The van der Waals surface area contributed by atoms with Gasteiger partial charge in [0.1, 0.15) is 0 Å². The average Bonchev–Trinajstić information content (AvgIpc) is 3.01. The van der Waals surface area contributed by atoms with E-state index in [1.807, 2.05) is 42.2 Å². The Kier molecular flexibility index (Phi) is 5.29. The van der Waals surface area contributed by atoms with Gasteiger partial charge >= 0.3 is 0 Å². The third-order valence-electron chi connectivity index (χ3n) is 4.99. The highest BCUT2D eigenvalue weighted by Gasteiger charge is 2.31. The second kappa shape index (κ2) is 7.61. The summed E-state index contributed by atoms with van der Waals surface area (Å²) in [6.07, 6.45) is 4.37. The maximum absolute atomic E-state index is 8.86. The number of aryl methyl sites for hydroxylation is 1. The van der Waals surface area contributed by atoms with Crippen LogP contribution in [0.4, 0.5) is 0 Å². The topological polar surface area (TPSA) is 56.9 Å². The molecular weight excluding hydrogens is 298 g/mol. The Hall–Kier alpha value is -2.16. The number of hydrogen-bond donors (Lipinski definition) is 1. The van der Waals surface area contributed by atoms with Crippen LogP contribution < -0.4 is 5.32 Å². The first kappa shape index (κ1) is 16.7. The Morgan fingerprint density at radius 3 is 2.71 bits per heavy atom. The van der Waals surface area contributed by atoms with E-state index in [1.165, 1.54) is 24.1 Å². The van der Waals surface area contributed by atoms with Gasteiger partial charge in [0.25, 0.3) is 0 Å². The summed E-state index contributed by atoms with van der Waals surface area (Å²) in [5.74, 6) is 0.581. The minimum atomic E-state index is 0.416. The van der Waals surface area contributed by atoms with Crippen molar-refractivity contribution in [1.29, 1.82) is 5.26 Å². The summed E-state index contributed by atoms with van der Waals surface area (Å²) < 4.78 is 2.00. The van der Waals surface area contributed by atoms with Gasteiger partial charge in [-0.25, -0.2) is 0 Å². The largest absolute Gasteiger partial charge is 0.312 e. The molecule has 1 aliphatic rings. The monoisotopic (exact) mass is 323 g/mol. The van der Waals surface area contributed by atoms with Crippen LogP contribution in [0.15, 0.2) is 36.5 Å². The molecule has 5 heteroatoms. The van der Waals surface area contributed by atoms with Gasteiger partial charge in [0, 0.05) is 26.3 Å². The summed E-state index contributed by atoms with van der Waals surface area (Å²) in [5.41, 5.74) is 3.22. The second-order valence-electron chi connectivity index (χ2n) is 6.65. The van der Waals surface area contributed by atoms with Crippen LogP contribution >= 0.6 is 0 Å². The highest BCUT2D eigenvalue weighted by molar-refractivity contribution is 5.31. The summed E-state index contributed by atoms with van der Waals surface area (Å²) in [4.78, 5) is 2.45. The smallest absolute Gasteiger partial charge is 0.0991 e. The third kappa shape index (κ3) is 3.66. The van der Waals surface area contributed by atoms with Crippen molar-refractivity contribution < 1.29 is 0 Å². The van der Waals surface area contributed by atoms with Gasteiger partial charge in [-0.15, -0.1) is 0 Å². The van der Waals surface area contributed by atoms with E-state index >= 15 is 0 Å². The number of nitriles is 1. The second-order valence-corrected chi connectivity index (χ2v) is 6.65. The van der Waals surface area contributed by atoms with E-state index < -0.39 is 0 Å². The quantitative estimate of drug-likeness (QED) is 0.918. The molecule has 0 unspecified atom stereocenters. The van der Waals surface area contributed by atoms with Gasteiger partial charge in [0.15, 0.2) is 0 Å². The Bertz CT molecular complexity index is 697. The van der Waals surface area contributed by atoms with Crippen LogP contribution in [-0.4, -0.2) is 34.8 Å². The van der Waals surface area contributed by atoms with Gasteiger partial charge in [-0.2, -0.15) is 10.4 Å². The normalized spacial score (nSPS) is 21.5. The molecule has 0 aliphatic carbocycles. The van der Waals surface area contributed by atoms with Crippen molar-refractivity contribution in [2.24, 2.45) is 13.0 Å². The minimum absolute atomic E-state index is 0.416. The lowest BCUT2D eigenvalue weighted by Crippen LogP contribution is -2.41. The molecule has 2 aromatic rings. The minimum Gasteiger partial charge on any atom is -0.312 e. The fraction of sp³-hybridized carbons (Fsp3) is 0.474. The molecule has 0 saturated carbocycles. The van der Waals surface area contributed by atoms with Crippen molar-refractivity contribution in [2.75, 3.05) is 20.1 Å². The van der Waals surface area contributed by atoms with Crippen LogP contribution in [0.5, 0.6) is 0 Å². The molecule has 1 aromatic carbocycles. The predicted molar refractivity (Wildman–Crippen MR) is 94.2 cm³/mol. The number of benzene rings is 1. The molecule has 2 atom stereocenters. The lowest BCUT2D eigenvalue weighted by atomic mass is 9.87. The molecule has 24 heavy (non-hydrogen) atoms. The Morgan fingerprint density at radius 1 is 1.25 bits per heavy atom. The van der Waals surface area contributed by atoms with E-state index in [0.29, 0.717) is 17.5 Å². The van der Waals surface area contributed by atoms with Crippen molar-refractivity contribution >= 4 is 0 Å². The van der Waals surface area contributed by atoms with Crippen molar-refractivity contribution in [3.05, 3.63) is 53.3 Å². The summed E-state index contributed by atoms with van der Waals surface area (Å²) in [6, 6.07) is 12.5. The third-order valence-corrected chi connectivity index (χ3v) is 4.99. The van der Waals surface area contributed by atoms with Gasteiger partial charge in [-0.1, -0.05) is 12.1 Å². The molecule has 0 radical (unpaired) electrons. The molecule has 0 bridgehead atoms. The van der Waals surface area contributed by atoms with Crippen LogP contribution in [-0.2, 0) is 13.6 Å². The van der Waals surface area contributed by atoms with E-state index in [2.05, 4.69) is 34.5 Å². The zero-order valence-corrected chi connectivity index (χ0v) is 14.4. The highest BCUT2D eigenvalue weighted by Crippen LogP contribution is 2.34. The van der Waals surface area contributed by atoms with Gasteiger partial charge in [0.05, 0.1) is 23.4 Å². The van der Waals surface area contributed by atoms with Gasteiger partial charge in [-0.3, -0.25) is 9.58 Å². The molecule has 0 amide bonds. The van der Waals surface area contributed by atoms with Crippen molar-refractivity contribution in [2.45, 2.75) is 25.4 Å². The Labute approximate surface area is 143 Å². The SMILES string of the molecule is CN1CCC[C@@H](CNCc2ccc(C#N)cc2)[C@@H]1c1ccnn1C. The fourth-order valence-corrected chi connectivity index (χ4v) is 3.71. The lowest BCUT2D eigenvalue weighted by molar-refractivity contribution is 0.113. The van der Waals surface area contributed by atoms with Crippen molar-refractivity contribution in [3.63, 3.8) is 0 Å². The lowest BCUT2D eigenvalue weighted by Gasteiger charge is -2.39. The van der Waals surface area contributed by atoms with E-state index in [4.69, 9.17) is 5.26 Å². The number of rotatable bonds is 5. The molecule has 1 aliphatic heterocycles. The van der Waals surface area contributed by atoms with Crippen molar-refractivity contribution in [3.8, 4) is 6.07 Å². The van der Waals surface area contributed by atoms with Gasteiger partial charge < -0.3 is 5.32 Å². The molecular formula is C19H25N5. The van der Waals surface area contributed by atoms with Crippen molar-refractivity contribution in [1.82, 2.24) is 20.0 Å². The van der Waals surface area contributed by atoms with Crippen LogP contribution in [0, 0.1) is 17.2 Å². The molecule has 3 rings (SSSR count). The zero-order valence-electron chi connectivity index (χ0n) is 14.4. The molecule has 0 spiro atoms. The first-order valence-corrected chi connectivity index (χ1v) is 8.57. The molecule has 2 heterocycles. The predicted octanol–water partition coefficient (Wildman–Crippen LogP) is 2.46. The highest BCUT2D eigenvalue weighted by atomic mass is 15.3. The number of piperidine rings is 1. The maximum atomic E-state index is 8.86. The Morgan fingerprint density at radius 2 is 2.04 bits per heavy atom. The first-order chi connectivity index (χ1) is 11.7. The molecule has 1 aromatic heterocycles. The number of likely N-dealkylation sites (tertiary alicyclic amines) is 1. The number of aromatic nitrogens is 2. The van der Waals surface area contributed by atoms with E-state index in [1.54, 1.807) is 0 Å². The molecule has 5 nitrogen and oxygen atoms in total. The number of nitrogens with zero attached hydrogens (tertiary/aromatic N) is 4. The number of nitrogens with one attached hydrogen (secondary N) is 1.